The molecule has 0 aliphatic heterocycles. The Morgan fingerprint density at radius 3 is 2.54 bits per heavy atom. The van der Waals surface area contributed by atoms with Crippen LogP contribution in [0.25, 0.3) is 0 Å². The molecule has 0 aromatic heterocycles. The third kappa shape index (κ3) is 2.73. The fourth-order valence-corrected chi connectivity index (χ4v) is 1.90. The second-order valence-corrected chi connectivity index (χ2v) is 3.60. The van der Waals surface area contributed by atoms with Gasteiger partial charge in [-0.2, -0.15) is 5.26 Å². The van der Waals surface area contributed by atoms with Gasteiger partial charge >= 0.3 is 5.97 Å². The molecule has 0 aromatic rings. The molecular weight excluding hydrogens is 166 g/mol. The van der Waals surface area contributed by atoms with E-state index in [1.165, 1.54) is 7.11 Å². The molecule has 0 atom stereocenters. The molecule has 1 saturated carbocycles. The Bertz CT molecular complexity index is 211. The molecule has 0 aromatic carbocycles. The van der Waals surface area contributed by atoms with Gasteiger partial charge in [-0.05, 0) is 31.6 Å². The van der Waals surface area contributed by atoms with E-state index in [2.05, 4.69) is 10.8 Å². The summed E-state index contributed by atoms with van der Waals surface area (Å²) in [5.74, 6) is 0.501. The van der Waals surface area contributed by atoms with Crippen LogP contribution in [0.15, 0.2) is 0 Å². The zero-order chi connectivity index (χ0) is 9.68. The third-order valence-electron chi connectivity index (χ3n) is 2.76. The minimum atomic E-state index is -0.0876. The Morgan fingerprint density at radius 1 is 1.46 bits per heavy atom. The van der Waals surface area contributed by atoms with E-state index in [4.69, 9.17) is 5.26 Å². The molecular formula is C10H15NO2. The molecule has 0 radical (unpaired) electrons. The maximum atomic E-state index is 11.1. The summed E-state index contributed by atoms with van der Waals surface area (Å²) < 4.78 is 4.68. The maximum absolute atomic E-state index is 11.1. The largest absolute Gasteiger partial charge is 0.469 e. The van der Waals surface area contributed by atoms with Crippen molar-refractivity contribution in [3.63, 3.8) is 0 Å². The van der Waals surface area contributed by atoms with Crippen LogP contribution in [-0.4, -0.2) is 13.1 Å². The van der Waals surface area contributed by atoms with Crippen molar-refractivity contribution in [1.29, 1.82) is 5.26 Å². The predicted octanol–water partition coefficient (Wildman–Crippen LogP) is 1.88. The van der Waals surface area contributed by atoms with Crippen molar-refractivity contribution in [3.05, 3.63) is 0 Å². The van der Waals surface area contributed by atoms with Crippen LogP contribution in [-0.2, 0) is 9.53 Å². The van der Waals surface area contributed by atoms with Crippen molar-refractivity contribution in [1.82, 2.24) is 0 Å². The lowest BCUT2D eigenvalue weighted by molar-refractivity contribution is -0.146. The summed E-state index contributed by atoms with van der Waals surface area (Å²) in [6.07, 6.45) is 4.40. The van der Waals surface area contributed by atoms with Gasteiger partial charge in [0, 0.05) is 6.42 Å². The quantitative estimate of drug-likeness (QED) is 0.611. The minimum Gasteiger partial charge on any atom is -0.469 e. The van der Waals surface area contributed by atoms with Crippen LogP contribution in [0.3, 0.4) is 0 Å². The number of nitriles is 1. The van der Waals surface area contributed by atoms with Gasteiger partial charge in [-0.15, -0.1) is 0 Å². The third-order valence-corrected chi connectivity index (χ3v) is 2.76. The number of carbonyl (C=O) groups excluding carboxylic acids is 1. The number of hydrogen-bond donors (Lipinski definition) is 0. The number of carbonyl (C=O) groups is 1. The number of rotatable bonds is 2. The van der Waals surface area contributed by atoms with Crippen LogP contribution >= 0.6 is 0 Å². The average molecular weight is 181 g/mol. The molecule has 0 bridgehead atoms. The van der Waals surface area contributed by atoms with Gasteiger partial charge in [0.05, 0.1) is 19.1 Å². The Hall–Kier alpha value is -1.04. The van der Waals surface area contributed by atoms with Crippen molar-refractivity contribution in [2.75, 3.05) is 7.11 Å². The second kappa shape index (κ2) is 4.86. The first-order chi connectivity index (χ1) is 6.27. The summed E-state index contributed by atoms with van der Waals surface area (Å²) in [5.41, 5.74) is 0. The summed E-state index contributed by atoms with van der Waals surface area (Å²) in [5, 5.41) is 8.50. The number of ether oxygens (including phenoxy) is 1. The molecule has 0 spiro atoms. The Kier molecular flexibility index (Phi) is 3.75. The molecule has 0 heterocycles. The highest BCUT2D eigenvalue weighted by Gasteiger charge is 2.26. The van der Waals surface area contributed by atoms with E-state index < -0.39 is 0 Å². The first-order valence-electron chi connectivity index (χ1n) is 4.72. The Morgan fingerprint density at radius 2 is 2.08 bits per heavy atom. The topological polar surface area (TPSA) is 50.1 Å². The van der Waals surface area contributed by atoms with E-state index in [0.29, 0.717) is 12.3 Å². The molecule has 1 aliphatic carbocycles. The molecule has 1 rings (SSSR count). The molecule has 0 saturated heterocycles. The summed E-state index contributed by atoms with van der Waals surface area (Å²) in [4.78, 5) is 11.1. The highest BCUT2D eigenvalue weighted by atomic mass is 16.5. The van der Waals surface area contributed by atoms with Gasteiger partial charge in [0.25, 0.3) is 0 Å². The lowest BCUT2D eigenvalue weighted by atomic mass is 9.81. The van der Waals surface area contributed by atoms with E-state index in [1.54, 1.807) is 0 Å². The van der Waals surface area contributed by atoms with Crippen LogP contribution in [0.2, 0.25) is 0 Å². The monoisotopic (exact) mass is 181 g/mol. The first kappa shape index (κ1) is 10.0. The van der Waals surface area contributed by atoms with Gasteiger partial charge in [-0.1, -0.05) is 0 Å². The van der Waals surface area contributed by atoms with E-state index >= 15 is 0 Å². The van der Waals surface area contributed by atoms with Crippen LogP contribution in [0.1, 0.15) is 32.1 Å². The van der Waals surface area contributed by atoms with E-state index in [0.717, 1.165) is 25.7 Å². The predicted molar refractivity (Wildman–Crippen MR) is 47.7 cm³/mol. The lowest BCUT2D eigenvalue weighted by Crippen LogP contribution is -2.22. The second-order valence-electron chi connectivity index (χ2n) is 3.60. The molecule has 3 nitrogen and oxygen atoms in total. The first-order valence-corrected chi connectivity index (χ1v) is 4.72. The molecule has 0 N–H and O–H groups in total. The van der Waals surface area contributed by atoms with Gasteiger partial charge in [0.15, 0.2) is 0 Å². The van der Waals surface area contributed by atoms with Crippen molar-refractivity contribution in [3.8, 4) is 6.07 Å². The number of hydrogen-bond acceptors (Lipinski definition) is 3. The highest BCUT2D eigenvalue weighted by Crippen LogP contribution is 2.30. The van der Waals surface area contributed by atoms with Gasteiger partial charge in [0.2, 0.25) is 0 Å². The van der Waals surface area contributed by atoms with Crippen LogP contribution in [0, 0.1) is 23.2 Å². The van der Waals surface area contributed by atoms with Crippen molar-refractivity contribution >= 4 is 5.97 Å². The average Bonchev–Trinajstić information content (AvgIpc) is 2.18. The van der Waals surface area contributed by atoms with Gasteiger partial charge < -0.3 is 4.74 Å². The summed E-state index contributed by atoms with van der Waals surface area (Å²) >= 11 is 0. The molecule has 1 fully saturated rings. The molecule has 0 unspecified atom stereocenters. The highest BCUT2D eigenvalue weighted by molar-refractivity contribution is 5.72. The summed E-state index contributed by atoms with van der Waals surface area (Å²) in [7, 11) is 1.43. The van der Waals surface area contributed by atoms with Crippen LogP contribution in [0.5, 0.6) is 0 Å². The number of methoxy groups -OCH3 is 1. The number of esters is 1. The summed E-state index contributed by atoms with van der Waals surface area (Å²) in [6, 6.07) is 2.18. The molecule has 13 heavy (non-hydrogen) atoms. The van der Waals surface area contributed by atoms with Crippen LogP contribution in [0.4, 0.5) is 0 Å². The SMILES string of the molecule is COC(=O)C1CCC(CC#N)CC1. The van der Waals surface area contributed by atoms with E-state index in [9.17, 15) is 4.79 Å². The van der Waals surface area contributed by atoms with Gasteiger partial charge in [-0.25, -0.2) is 0 Å². The maximum Gasteiger partial charge on any atom is 0.308 e. The van der Waals surface area contributed by atoms with Crippen molar-refractivity contribution in [2.24, 2.45) is 11.8 Å². The molecule has 72 valence electrons. The lowest BCUT2D eigenvalue weighted by Gasteiger charge is -2.24. The minimum absolute atomic E-state index is 0.0833. The Labute approximate surface area is 78.7 Å². The molecule has 3 heteroatoms. The Balaban J connectivity index is 2.31. The van der Waals surface area contributed by atoms with Crippen molar-refractivity contribution < 1.29 is 9.53 Å². The normalized spacial score (nSPS) is 27.7. The molecule has 1 aliphatic rings. The molecule has 0 amide bonds. The standard InChI is InChI=1S/C10H15NO2/c1-13-10(12)9-4-2-8(3-5-9)6-7-11/h8-9H,2-6H2,1H3. The summed E-state index contributed by atoms with van der Waals surface area (Å²) in [6.45, 7) is 0. The van der Waals surface area contributed by atoms with E-state index in [1.807, 2.05) is 0 Å². The van der Waals surface area contributed by atoms with E-state index in [-0.39, 0.29) is 11.9 Å². The van der Waals surface area contributed by atoms with Crippen molar-refractivity contribution in [2.45, 2.75) is 32.1 Å². The van der Waals surface area contributed by atoms with Crippen LogP contribution < -0.4 is 0 Å². The van der Waals surface area contributed by atoms with Gasteiger partial charge in [0.1, 0.15) is 0 Å². The fraction of sp³-hybridized carbons (Fsp3) is 0.800. The number of nitrogens with zero attached hydrogens (tertiary/aromatic N) is 1. The zero-order valence-corrected chi connectivity index (χ0v) is 7.95. The smallest absolute Gasteiger partial charge is 0.308 e. The van der Waals surface area contributed by atoms with Gasteiger partial charge in [-0.3, -0.25) is 4.79 Å². The fourth-order valence-electron chi connectivity index (χ4n) is 1.90. The zero-order valence-electron chi connectivity index (χ0n) is 7.95.